The Morgan fingerprint density at radius 1 is 1.12 bits per heavy atom. The van der Waals surface area contributed by atoms with Crippen molar-refractivity contribution in [2.45, 2.75) is 44.4 Å². The second-order valence-corrected chi connectivity index (χ2v) is 9.03. The van der Waals surface area contributed by atoms with Crippen LogP contribution in [-0.4, -0.2) is 23.6 Å². The van der Waals surface area contributed by atoms with E-state index in [4.69, 9.17) is 10.7 Å². The smallest absolute Gasteiger partial charge is 0.132 e. The number of thioether (sulfide) groups is 1. The third-order valence-corrected chi connectivity index (χ3v) is 6.59. The average molecular weight is 445 g/mol. The van der Waals surface area contributed by atoms with Crippen molar-refractivity contribution >= 4 is 34.1 Å². The molecule has 4 rings (SSSR count). The number of aromatic amines is 1. The molecule has 166 valence electrons. The van der Waals surface area contributed by atoms with E-state index in [-0.39, 0.29) is 0 Å². The summed E-state index contributed by atoms with van der Waals surface area (Å²) in [4.78, 5) is 9.64. The lowest BCUT2D eigenvalue weighted by atomic mass is 10.0. The van der Waals surface area contributed by atoms with E-state index >= 15 is 0 Å². The number of aromatic nitrogens is 1. The molecular weight excluding hydrogens is 412 g/mol. The molecule has 5 heteroatoms. The number of benzene rings is 2. The van der Waals surface area contributed by atoms with E-state index in [0.717, 1.165) is 71.8 Å². The minimum Gasteiger partial charge on any atom is -0.402 e. The third-order valence-electron chi connectivity index (χ3n) is 5.84. The van der Waals surface area contributed by atoms with Gasteiger partial charge in [0.1, 0.15) is 5.84 Å². The Bertz CT molecular complexity index is 1180. The van der Waals surface area contributed by atoms with Gasteiger partial charge in [-0.15, -0.1) is 11.8 Å². The molecule has 2 heterocycles. The zero-order chi connectivity index (χ0) is 22.5. The molecule has 1 aromatic heterocycles. The SMILES string of the molecule is CCC/C(N)=C/C(=C1\CCN=C(c2ccc(SC)cc2)N1)c1cc2cc(CC)ccc2[nH]1. The van der Waals surface area contributed by atoms with E-state index in [2.05, 4.69) is 85.0 Å². The fourth-order valence-corrected chi connectivity index (χ4v) is 4.47. The van der Waals surface area contributed by atoms with Crippen LogP contribution in [0.1, 0.15) is 49.9 Å². The second-order valence-electron chi connectivity index (χ2n) is 8.15. The van der Waals surface area contributed by atoms with Gasteiger partial charge in [0.2, 0.25) is 0 Å². The molecule has 0 fully saturated rings. The van der Waals surface area contributed by atoms with Crippen molar-refractivity contribution in [3.8, 4) is 0 Å². The van der Waals surface area contributed by atoms with Crippen LogP contribution in [0.25, 0.3) is 16.5 Å². The van der Waals surface area contributed by atoms with Crippen molar-refractivity contribution in [2.75, 3.05) is 12.8 Å². The minimum atomic E-state index is 0.757. The largest absolute Gasteiger partial charge is 0.402 e. The number of allylic oxidation sites excluding steroid dienone is 3. The molecule has 0 bridgehead atoms. The Hall–Kier alpha value is -2.92. The molecule has 0 saturated heterocycles. The number of aliphatic imine (C=N–C) groups is 1. The summed E-state index contributed by atoms with van der Waals surface area (Å²) in [7, 11) is 0. The van der Waals surface area contributed by atoms with Gasteiger partial charge < -0.3 is 16.0 Å². The zero-order valence-corrected chi connectivity index (χ0v) is 20.0. The number of rotatable bonds is 7. The molecule has 32 heavy (non-hydrogen) atoms. The maximum absolute atomic E-state index is 6.40. The number of fused-ring (bicyclic) bond motifs is 1. The van der Waals surface area contributed by atoms with Crippen LogP contribution in [0.15, 0.2) is 75.9 Å². The lowest BCUT2D eigenvalue weighted by Gasteiger charge is -2.21. The molecule has 1 aliphatic rings. The molecule has 0 spiro atoms. The van der Waals surface area contributed by atoms with Gasteiger partial charge in [0.05, 0.1) is 0 Å². The Morgan fingerprint density at radius 2 is 1.94 bits per heavy atom. The summed E-state index contributed by atoms with van der Waals surface area (Å²) < 4.78 is 0. The molecule has 0 saturated carbocycles. The van der Waals surface area contributed by atoms with Crippen molar-refractivity contribution < 1.29 is 0 Å². The maximum Gasteiger partial charge on any atom is 0.132 e. The van der Waals surface area contributed by atoms with Crippen molar-refractivity contribution in [2.24, 2.45) is 10.7 Å². The van der Waals surface area contributed by atoms with E-state index in [0.29, 0.717) is 0 Å². The molecule has 0 atom stereocenters. The van der Waals surface area contributed by atoms with Crippen molar-refractivity contribution in [1.82, 2.24) is 10.3 Å². The van der Waals surface area contributed by atoms with Crippen molar-refractivity contribution in [3.05, 3.63) is 82.8 Å². The molecule has 3 aromatic rings. The van der Waals surface area contributed by atoms with Crippen LogP contribution in [0.3, 0.4) is 0 Å². The topological polar surface area (TPSA) is 66.2 Å². The monoisotopic (exact) mass is 444 g/mol. The lowest BCUT2D eigenvalue weighted by molar-refractivity contribution is 0.843. The van der Waals surface area contributed by atoms with E-state index in [9.17, 15) is 0 Å². The van der Waals surface area contributed by atoms with Crippen LogP contribution in [-0.2, 0) is 6.42 Å². The first-order valence-corrected chi connectivity index (χ1v) is 12.6. The molecule has 4 nitrogen and oxygen atoms in total. The van der Waals surface area contributed by atoms with Crippen LogP contribution in [0.2, 0.25) is 0 Å². The fourth-order valence-electron chi connectivity index (χ4n) is 4.06. The van der Waals surface area contributed by atoms with Crippen molar-refractivity contribution in [3.63, 3.8) is 0 Å². The predicted octanol–water partition coefficient (Wildman–Crippen LogP) is 6.25. The zero-order valence-electron chi connectivity index (χ0n) is 19.2. The molecular formula is C27H32N4S. The standard InChI is InChI=1S/C27H32N4S/c1-4-6-21(28)17-23(26-16-20-15-18(5-2)7-12-24(20)30-26)25-13-14-29-27(31-25)19-8-10-22(32-3)11-9-19/h7-12,15-17,30H,4-6,13-14,28H2,1-3H3,(H,29,31)/b21-17-,25-23-. The van der Waals surface area contributed by atoms with Gasteiger partial charge in [-0.05, 0) is 61.1 Å². The van der Waals surface area contributed by atoms with E-state index < -0.39 is 0 Å². The van der Waals surface area contributed by atoms with Gasteiger partial charge in [0.25, 0.3) is 0 Å². The number of aryl methyl sites for hydroxylation is 1. The first-order valence-electron chi connectivity index (χ1n) is 11.4. The Morgan fingerprint density at radius 3 is 2.66 bits per heavy atom. The van der Waals surface area contributed by atoms with Gasteiger partial charge in [0.15, 0.2) is 0 Å². The first kappa shape index (κ1) is 22.3. The summed E-state index contributed by atoms with van der Waals surface area (Å²) >= 11 is 1.75. The normalized spacial score (nSPS) is 16.1. The predicted molar refractivity (Wildman–Crippen MR) is 139 cm³/mol. The summed E-state index contributed by atoms with van der Waals surface area (Å²) in [6.07, 6.45) is 8.03. The highest BCUT2D eigenvalue weighted by atomic mass is 32.2. The Kier molecular flexibility index (Phi) is 7.05. The summed E-state index contributed by atoms with van der Waals surface area (Å²) in [6, 6.07) is 17.4. The van der Waals surface area contributed by atoms with Gasteiger partial charge in [-0.3, -0.25) is 4.99 Å². The van der Waals surface area contributed by atoms with E-state index in [1.165, 1.54) is 15.8 Å². The summed E-state index contributed by atoms with van der Waals surface area (Å²) in [6.45, 7) is 5.10. The second kappa shape index (κ2) is 10.1. The van der Waals surface area contributed by atoms with Crippen LogP contribution < -0.4 is 11.1 Å². The summed E-state index contributed by atoms with van der Waals surface area (Å²) in [5, 5.41) is 4.86. The number of nitrogens with zero attached hydrogens (tertiary/aromatic N) is 1. The fraction of sp³-hybridized carbons (Fsp3) is 0.296. The molecule has 0 amide bonds. The van der Waals surface area contributed by atoms with Crippen LogP contribution in [0, 0.1) is 0 Å². The van der Waals surface area contributed by atoms with Gasteiger partial charge in [-0.2, -0.15) is 0 Å². The summed E-state index contributed by atoms with van der Waals surface area (Å²) in [5.74, 6) is 0.920. The number of nitrogens with one attached hydrogen (secondary N) is 2. The highest BCUT2D eigenvalue weighted by molar-refractivity contribution is 7.98. The van der Waals surface area contributed by atoms with Crippen molar-refractivity contribution in [1.29, 1.82) is 0 Å². The molecule has 0 unspecified atom stereocenters. The number of H-pyrrole nitrogens is 1. The van der Waals surface area contributed by atoms with Crippen LogP contribution in [0.4, 0.5) is 0 Å². The van der Waals surface area contributed by atoms with Gasteiger partial charge in [0, 0.05) is 57.0 Å². The number of nitrogens with two attached hydrogens (primary N) is 1. The lowest BCUT2D eigenvalue weighted by Crippen LogP contribution is -2.29. The molecule has 4 N–H and O–H groups in total. The Labute approximate surface area is 195 Å². The number of amidine groups is 1. The Balaban J connectivity index is 1.75. The quantitative estimate of drug-likeness (QED) is 0.378. The highest BCUT2D eigenvalue weighted by Gasteiger charge is 2.17. The van der Waals surface area contributed by atoms with Crippen LogP contribution >= 0.6 is 11.8 Å². The minimum absolute atomic E-state index is 0.757. The van der Waals surface area contributed by atoms with E-state index in [1.807, 2.05) is 0 Å². The highest BCUT2D eigenvalue weighted by Crippen LogP contribution is 2.28. The van der Waals surface area contributed by atoms with Gasteiger partial charge in [-0.25, -0.2) is 0 Å². The molecule has 2 aromatic carbocycles. The van der Waals surface area contributed by atoms with Crippen LogP contribution in [0.5, 0.6) is 0 Å². The van der Waals surface area contributed by atoms with Gasteiger partial charge >= 0.3 is 0 Å². The number of hydrogen-bond acceptors (Lipinski definition) is 4. The third kappa shape index (κ3) is 4.94. The van der Waals surface area contributed by atoms with Gasteiger partial charge in [-0.1, -0.05) is 38.5 Å². The first-order chi connectivity index (χ1) is 15.6. The van der Waals surface area contributed by atoms with E-state index in [1.54, 1.807) is 11.8 Å². The molecule has 0 radical (unpaired) electrons. The maximum atomic E-state index is 6.40. The number of hydrogen-bond donors (Lipinski definition) is 3. The summed E-state index contributed by atoms with van der Waals surface area (Å²) in [5.41, 5.74) is 14.3. The molecule has 1 aliphatic heterocycles. The molecule has 0 aliphatic carbocycles. The average Bonchev–Trinajstić information content (AvgIpc) is 3.26.